The molecular weight excluding hydrogens is 286 g/mol. The summed E-state index contributed by atoms with van der Waals surface area (Å²) >= 11 is 0. The topological polar surface area (TPSA) is 90.9 Å². The number of nitrogens with one attached hydrogen (secondary N) is 2. The van der Waals surface area contributed by atoms with E-state index in [0.717, 1.165) is 12.8 Å². The highest BCUT2D eigenvalue weighted by molar-refractivity contribution is 5.98. The number of ether oxygens (including phenoxy) is 1. The highest BCUT2D eigenvalue weighted by Crippen LogP contribution is 2.27. The number of carbonyl (C=O) groups excluding carboxylic acids is 2. The Morgan fingerprint density at radius 1 is 1.45 bits per heavy atom. The molecule has 0 aliphatic carbocycles. The van der Waals surface area contributed by atoms with E-state index < -0.39 is 0 Å². The van der Waals surface area contributed by atoms with E-state index in [4.69, 9.17) is 4.74 Å². The van der Waals surface area contributed by atoms with Crippen LogP contribution in [0.2, 0.25) is 0 Å². The third-order valence-corrected chi connectivity index (χ3v) is 3.78. The molecule has 3 amide bonds. The lowest BCUT2D eigenvalue weighted by Crippen LogP contribution is -2.40. The van der Waals surface area contributed by atoms with Crippen molar-refractivity contribution in [1.29, 1.82) is 0 Å². The molecule has 1 heterocycles. The number of carbonyl (C=O) groups is 2. The van der Waals surface area contributed by atoms with Gasteiger partial charge in [0.2, 0.25) is 0 Å². The summed E-state index contributed by atoms with van der Waals surface area (Å²) < 4.78 is 5.22. The van der Waals surface area contributed by atoms with Gasteiger partial charge in [-0.1, -0.05) is 0 Å². The van der Waals surface area contributed by atoms with Crippen molar-refractivity contribution in [3.63, 3.8) is 0 Å². The lowest BCUT2D eigenvalue weighted by atomic mass is 10.1. The summed E-state index contributed by atoms with van der Waals surface area (Å²) in [6, 6.07) is 4.37. The molecule has 0 radical (unpaired) electrons. The number of amides is 3. The maximum absolute atomic E-state index is 12.4. The van der Waals surface area contributed by atoms with E-state index >= 15 is 0 Å². The van der Waals surface area contributed by atoms with Crippen molar-refractivity contribution in [1.82, 2.24) is 10.2 Å². The smallest absolute Gasteiger partial charge is 0.322 e. The number of likely N-dealkylation sites (tertiary alicyclic amines) is 1. The monoisotopic (exact) mass is 307 g/mol. The van der Waals surface area contributed by atoms with Crippen molar-refractivity contribution in [2.24, 2.45) is 0 Å². The van der Waals surface area contributed by atoms with Gasteiger partial charge >= 0.3 is 6.03 Å². The Labute approximate surface area is 129 Å². The summed E-state index contributed by atoms with van der Waals surface area (Å²) in [4.78, 5) is 25.7. The van der Waals surface area contributed by atoms with Crippen LogP contribution < -0.4 is 15.4 Å². The molecule has 1 atom stereocenters. The molecule has 1 fully saturated rings. The van der Waals surface area contributed by atoms with E-state index in [1.807, 2.05) is 0 Å². The molecule has 0 saturated carbocycles. The first kappa shape index (κ1) is 16.1. The van der Waals surface area contributed by atoms with E-state index in [1.165, 1.54) is 7.11 Å². The summed E-state index contributed by atoms with van der Waals surface area (Å²) in [7, 11) is 3.04. The molecule has 1 aromatic carbocycles. The molecule has 120 valence electrons. The van der Waals surface area contributed by atoms with Gasteiger partial charge in [-0.2, -0.15) is 0 Å². The van der Waals surface area contributed by atoms with E-state index in [9.17, 15) is 14.7 Å². The molecule has 2 rings (SSSR count). The van der Waals surface area contributed by atoms with Crippen LogP contribution in [0.5, 0.6) is 5.75 Å². The number of rotatable bonds is 4. The van der Waals surface area contributed by atoms with Gasteiger partial charge in [0.25, 0.3) is 5.91 Å². The van der Waals surface area contributed by atoms with Gasteiger partial charge in [-0.05, 0) is 31.0 Å². The molecule has 0 unspecified atom stereocenters. The summed E-state index contributed by atoms with van der Waals surface area (Å²) in [5, 5.41) is 14.6. The van der Waals surface area contributed by atoms with Crippen molar-refractivity contribution in [2.45, 2.75) is 18.9 Å². The van der Waals surface area contributed by atoms with Crippen molar-refractivity contribution in [3.05, 3.63) is 23.8 Å². The molecule has 1 saturated heterocycles. The van der Waals surface area contributed by atoms with Crippen LogP contribution in [0.3, 0.4) is 0 Å². The average molecular weight is 307 g/mol. The molecule has 0 spiro atoms. The van der Waals surface area contributed by atoms with Crippen molar-refractivity contribution < 1.29 is 19.4 Å². The SMILES string of the molecule is CNC(=O)c1ccc(OC)c(NC(=O)N2CCC[C@@H]2CO)c1. The zero-order valence-corrected chi connectivity index (χ0v) is 12.8. The number of methoxy groups -OCH3 is 1. The molecule has 22 heavy (non-hydrogen) atoms. The maximum Gasteiger partial charge on any atom is 0.322 e. The van der Waals surface area contributed by atoms with Gasteiger partial charge in [0.15, 0.2) is 0 Å². The Morgan fingerprint density at radius 3 is 2.86 bits per heavy atom. The molecule has 1 aromatic rings. The number of urea groups is 1. The fraction of sp³-hybridized carbons (Fsp3) is 0.467. The van der Waals surface area contributed by atoms with Gasteiger partial charge in [0.1, 0.15) is 5.75 Å². The lowest BCUT2D eigenvalue weighted by Gasteiger charge is -2.24. The average Bonchev–Trinajstić information content (AvgIpc) is 3.02. The molecule has 1 aliphatic heterocycles. The molecular formula is C15H21N3O4. The summed E-state index contributed by atoms with van der Waals surface area (Å²) in [6.07, 6.45) is 1.66. The van der Waals surface area contributed by atoms with Crippen LogP contribution in [-0.4, -0.2) is 55.3 Å². The quantitative estimate of drug-likeness (QED) is 0.775. The summed E-state index contributed by atoms with van der Waals surface area (Å²) in [5.74, 6) is 0.230. The van der Waals surface area contributed by atoms with E-state index in [2.05, 4.69) is 10.6 Å². The minimum Gasteiger partial charge on any atom is -0.495 e. The zero-order valence-electron chi connectivity index (χ0n) is 12.8. The minimum absolute atomic E-state index is 0.0527. The standard InChI is InChI=1S/C15H21N3O4/c1-16-14(20)10-5-6-13(22-2)12(8-10)17-15(21)18-7-3-4-11(18)9-19/h5-6,8,11,19H,3-4,7,9H2,1-2H3,(H,16,20)(H,17,21)/t11-/m1/s1. The van der Waals surface area contributed by atoms with Crippen molar-refractivity contribution in [3.8, 4) is 5.75 Å². The van der Waals surface area contributed by atoms with Gasteiger partial charge < -0.3 is 25.4 Å². The van der Waals surface area contributed by atoms with Gasteiger partial charge in [0, 0.05) is 19.2 Å². The number of hydrogen-bond donors (Lipinski definition) is 3. The van der Waals surface area contributed by atoms with Crippen LogP contribution in [0.25, 0.3) is 0 Å². The zero-order chi connectivity index (χ0) is 16.1. The third kappa shape index (κ3) is 3.30. The molecule has 0 aromatic heterocycles. The van der Waals surface area contributed by atoms with Crippen LogP contribution >= 0.6 is 0 Å². The number of nitrogens with zero attached hydrogens (tertiary/aromatic N) is 1. The predicted molar refractivity (Wildman–Crippen MR) is 82.2 cm³/mol. The molecule has 3 N–H and O–H groups in total. The molecule has 7 heteroatoms. The second-order valence-corrected chi connectivity index (χ2v) is 5.10. The van der Waals surface area contributed by atoms with Crippen LogP contribution in [0, 0.1) is 0 Å². The van der Waals surface area contributed by atoms with Crippen molar-refractivity contribution >= 4 is 17.6 Å². The predicted octanol–water partition coefficient (Wildman–Crippen LogP) is 1.04. The van der Waals surface area contributed by atoms with Gasteiger partial charge in [-0.25, -0.2) is 4.79 Å². The normalized spacial score (nSPS) is 17.2. The number of benzene rings is 1. The van der Waals surface area contributed by atoms with Crippen LogP contribution in [0.4, 0.5) is 10.5 Å². The number of anilines is 1. The Kier molecular flexibility index (Phi) is 5.21. The number of hydrogen-bond acceptors (Lipinski definition) is 4. The van der Waals surface area contributed by atoms with Gasteiger partial charge in [-0.3, -0.25) is 4.79 Å². The van der Waals surface area contributed by atoms with Gasteiger partial charge in [-0.15, -0.1) is 0 Å². The Morgan fingerprint density at radius 2 is 2.23 bits per heavy atom. The Hall–Kier alpha value is -2.28. The molecule has 0 bridgehead atoms. The highest BCUT2D eigenvalue weighted by Gasteiger charge is 2.28. The molecule has 7 nitrogen and oxygen atoms in total. The number of aliphatic hydroxyl groups is 1. The first-order chi connectivity index (χ1) is 10.6. The fourth-order valence-electron chi connectivity index (χ4n) is 2.57. The first-order valence-electron chi connectivity index (χ1n) is 7.19. The number of aliphatic hydroxyl groups excluding tert-OH is 1. The fourth-order valence-corrected chi connectivity index (χ4v) is 2.57. The Balaban J connectivity index is 2.20. The van der Waals surface area contributed by atoms with E-state index in [1.54, 1.807) is 30.1 Å². The Bertz CT molecular complexity index is 562. The van der Waals surface area contributed by atoms with Gasteiger partial charge in [0.05, 0.1) is 25.4 Å². The highest BCUT2D eigenvalue weighted by atomic mass is 16.5. The second-order valence-electron chi connectivity index (χ2n) is 5.10. The van der Waals surface area contributed by atoms with Crippen LogP contribution in [0.1, 0.15) is 23.2 Å². The van der Waals surface area contributed by atoms with E-state index in [0.29, 0.717) is 23.5 Å². The largest absolute Gasteiger partial charge is 0.495 e. The lowest BCUT2D eigenvalue weighted by molar-refractivity contribution is 0.0963. The second kappa shape index (κ2) is 7.13. The van der Waals surface area contributed by atoms with E-state index in [-0.39, 0.29) is 24.6 Å². The summed E-state index contributed by atoms with van der Waals surface area (Å²) in [6.45, 7) is 0.553. The van der Waals surface area contributed by atoms with Crippen LogP contribution in [-0.2, 0) is 0 Å². The maximum atomic E-state index is 12.4. The minimum atomic E-state index is -0.302. The third-order valence-electron chi connectivity index (χ3n) is 3.78. The molecule has 1 aliphatic rings. The van der Waals surface area contributed by atoms with Crippen molar-refractivity contribution in [2.75, 3.05) is 32.6 Å². The van der Waals surface area contributed by atoms with Crippen LogP contribution in [0.15, 0.2) is 18.2 Å². The summed E-state index contributed by atoms with van der Waals surface area (Å²) in [5.41, 5.74) is 0.857. The first-order valence-corrected chi connectivity index (χ1v) is 7.19.